The number of carbonyl (C=O) groups is 1. The number of nitrogens with two attached hydrogens (primary N) is 1. The maximum absolute atomic E-state index is 10.9. The van der Waals surface area contributed by atoms with Crippen molar-refractivity contribution in [3.63, 3.8) is 0 Å². The van der Waals surface area contributed by atoms with Gasteiger partial charge in [-0.2, -0.15) is 5.32 Å². The van der Waals surface area contributed by atoms with Crippen LogP contribution in [0.5, 0.6) is 0 Å². The number of hydrogen-bond donors (Lipinski definition) is 1. The second-order valence-corrected chi connectivity index (χ2v) is 4.11. The van der Waals surface area contributed by atoms with Gasteiger partial charge in [0.15, 0.2) is 0 Å². The van der Waals surface area contributed by atoms with Crippen LogP contribution in [0.15, 0.2) is 54.6 Å². The molecule has 3 heteroatoms. The molecule has 0 fully saturated rings. The van der Waals surface area contributed by atoms with Gasteiger partial charge < -0.3 is 5.73 Å². The van der Waals surface area contributed by atoms with Gasteiger partial charge in [-0.15, -0.1) is 0 Å². The number of rotatable bonds is 1. The third kappa shape index (κ3) is 1.66. The van der Waals surface area contributed by atoms with E-state index in [-0.39, 0.29) is 0 Å². The van der Waals surface area contributed by atoms with E-state index in [0.717, 1.165) is 16.2 Å². The first-order valence-electron chi connectivity index (χ1n) is 5.67. The molecule has 87 valence electrons. The van der Waals surface area contributed by atoms with Crippen molar-refractivity contribution >= 4 is 33.3 Å². The Balaban J connectivity index is 2.36. The Hall–Kier alpha value is -2.55. The van der Waals surface area contributed by atoms with E-state index in [1.807, 2.05) is 36.4 Å². The molecular formula is C15H11N2O. The van der Waals surface area contributed by atoms with Gasteiger partial charge in [0.25, 0.3) is 0 Å². The average Bonchev–Trinajstić information content (AvgIpc) is 2.38. The summed E-state index contributed by atoms with van der Waals surface area (Å²) in [5.41, 5.74) is 5.74. The van der Waals surface area contributed by atoms with Crippen molar-refractivity contribution in [1.82, 2.24) is 5.32 Å². The molecule has 18 heavy (non-hydrogen) atoms. The number of carbonyl (C=O) groups excluding carboxylic acids is 1. The van der Waals surface area contributed by atoms with Crippen LogP contribution in [0, 0.1) is 0 Å². The van der Waals surface area contributed by atoms with Crippen molar-refractivity contribution in [2.45, 2.75) is 0 Å². The number of nitrogens with zero attached hydrogens (tertiary/aromatic N) is 1. The molecule has 0 atom stereocenters. The Morgan fingerprint density at radius 2 is 1.61 bits per heavy atom. The van der Waals surface area contributed by atoms with Crippen molar-refractivity contribution in [1.29, 1.82) is 0 Å². The van der Waals surface area contributed by atoms with E-state index in [1.54, 1.807) is 6.07 Å². The first kappa shape index (κ1) is 10.6. The van der Waals surface area contributed by atoms with Crippen LogP contribution < -0.4 is 11.1 Å². The molecule has 0 saturated carbocycles. The smallest absolute Gasteiger partial charge is 0.338 e. The summed E-state index contributed by atoms with van der Waals surface area (Å²) in [7, 11) is 0. The Morgan fingerprint density at radius 1 is 0.833 bits per heavy atom. The zero-order chi connectivity index (χ0) is 12.5. The minimum atomic E-state index is -0.671. The largest absolute Gasteiger partial charge is 0.350 e. The number of benzene rings is 3. The molecule has 3 aromatic rings. The quantitative estimate of drug-likeness (QED) is 0.646. The van der Waals surface area contributed by atoms with Gasteiger partial charge in [0, 0.05) is 5.39 Å². The molecule has 0 bridgehead atoms. The maximum Gasteiger partial charge on any atom is 0.338 e. The summed E-state index contributed by atoms with van der Waals surface area (Å²) in [6, 6.07) is 17.2. The van der Waals surface area contributed by atoms with Gasteiger partial charge in [-0.05, 0) is 22.2 Å². The third-order valence-electron chi connectivity index (χ3n) is 2.99. The van der Waals surface area contributed by atoms with Crippen molar-refractivity contribution < 1.29 is 4.79 Å². The Bertz CT molecular complexity index is 750. The Labute approximate surface area is 104 Å². The van der Waals surface area contributed by atoms with Gasteiger partial charge in [-0.1, -0.05) is 48.5 Å². The normalized spacial score (nSPS) is 10.7. The highest BCUT2D eigenvalue weighted by Gasteiger charge is 2.06. The predicted molar refractivity (Wildman–Crippen MR) is 72.8 cm³/mol. The number of urea groups is 1. The van der Waals surface area contributed by atoms with E-state index in [2.05, 4.69) is 17.4 Å². The van der Waals surface area contributed by atoms with E-state index in [0.29, 0.717) is 5.69 Å². The molecule has 0 unspecified atom stereocenters. The van der Waals surface area contributed by atoms with Crippen LogP contribution in [-0.4, -0.2) is 6.03 Å². The van der Waals surface area contributed by atoms with Crippen LogP contribution in [0.25, 0.3) is 21.5 Å². The summed E-state index contributed by atoms with van der Waals surface area (Å²) in [4.78, 5) is 10.9. The van der Waals surface area contributed by atoms with Crippen LogP contribution in [0.4, 0.5) is 10.5 Å². The Morgan fingerprint density at radius 3 is 2.44 bits per heavy atom. The third-order valence-corrected chi connectivity index (χ3v) is 2.99. The topological polar surface area (TPSA) is 57.2 Å². The molecular weight excluding hydrogens is 224 g/mol. The fourth-order valence-corrected chi connectivity index (χ4v) is 2.24. The second kappa shape index (κ2) is 4.04. The van der Waals surface area contributed by atoms with Crippen LogP contribution >= 0.6 is 0 Å². The minimum absolute atomic E-state index is 0.616. The van der Waals surface area contributed by atoms with Crippen molar-refractivity contribution in [2.24, 2.45) is 5.73 Å². The monoisotopic (exact) mass is 235 g/mol. The summed E-state index contributed by atoms with van der Waals surface area (Å²) in [5, 5.41) is 8.17. The Kier molecular flexibility index (Phi) is 2.38. The lowest BCUT2D eigenvalue weighted by Crippen LogP contribution is -2.18. The zero-order valence-electron chi connectivity index (χ0n) is 9.63. The first-order valence-corrected chi connectivity index (χ1v) is 5.67. The summed E-state index contributed by atoms with van der Waals surface area (Å²) in [5.74, 6) is 0. The van der Waals surface area contributed by atoms with Crippen molar-refractivity contribution in [3.8, 4) is 0 Å². The average molecular weight is 235 g/mol. The number of amides is 2. The fraction of sp³-hybridized carbons (Fsp3) is 0. The molecule has 0 aliphatic heterocycles. The van der Waals surface area contributed by atoms with Gasteiger partial charge in [0.1, 0.15) is 0 Å². The first-order chi connectivity index (χ1) is 8.75. The molecule has 3 nitrogen and oxygen atoms in total. The van der Waals surface area contributed by atoms with Crippen LogP contribution in [-0.2, 0) is 0 Å². The van der Waals surface area contributed by atoms with E-state index in [9.17, 15) is 4.79 Å². The number of primary amides is 1. The summed E-state index contributed by atoms with van der Waals surface area (Å²) >= 11 is 0. The highest BCUT2D eigenvalue weighted by molar-refractivity contribution is 6.11. The lowest BCUT2D eigenvalue weighted by Gasteiger charge is -2.07. The van der Waals surface area contributed by atoms with Gasteiger partial charge in [0.05, 0.1) is 5.69 Å². The zero-order valence-corrected chi connectivity index (χ0v) is 9.63. The van der Waals surface area contributed by atoms with Gasteiger partial charge in [-0.25, -0.2) is 4.79 Å². The molecule has 0 aliphatic rings. The molecule has 3 rings (SSSR count). The highest BCUT2D eigenvalue weighted by atomic mass is 16.2. The second-order valence-electron chi connectivity index (χ2n) is 4.11. The summed E-state index contributed by atoms with van der Waals surface area (Å²) in [6.07, 6.45) is 0. The maximum atomic E-state index is 10.9. The molecule has 2 amide bonds. The van der Waals surface area contributed by atoms with Crippen LogP contribution in [0.2, 0.25) is 0 Å². The molecule has 3 aromatic carbocycles. The molecule has 0 aromatic heterocycles. The van der Waals surface area contributed by atoms with Gasteiger partial charge in [-0.3, -0.25) is 0 Å². The lowest BCUT2D eigenvalue weighted by atomic mass is 10.0. The van der Waals surface area contributed by atoms with Crippen molar-refractivity contribution in [3.05, 3.63) is 54.6 Å². The van der Waals surface area contributed by atoms with Crippen LogP contribution in [0.1, 0.15) is 0 Å². The van der Waals surface area contributed by atoms with E-state index in [4.69, 9.17) is 5.73 Å². The van der Waals surface area contributed by atoms with E-state index in [1.165, 1.54) is 5.39 Å². The predicted octanol–water partition coefficient (Wildman–Crippen LogP) is 3.31. The SMILES string of the molecule is NC(=O)[N]c1cccc2c1ccc1ccccc12. The number of hydrogen-bond acceptors (Lipinski definition) is 1. The molecule has 0 aliphatic carbocycles. The summed E-state index contributed by atoms with van der Waals surface area (Å²) < 4.78 is 0. The molecule has 0 saturated heterocycles. The number of fused-ring (bicyclic) bond motifs is 3. The molecule has 1 radical (unpaired) electrons. The summed E-state index contributed by atoms with van der Waals surface area (Å²) in [6.45, 7) is 0. The standard InChI is InChI=1S/C15H11N2O/c16-15(18)17-14-7-3-6-12-11-5-2-1-4-10(11)8-9-13(12)14/h1-9H,(H2,16,18). The van der Waals surface area contributed by atoms with Gasteiger partial charge >= 0.3 is 6.03 Å². The molecule has 0 spiro atoms. The van der Waals surface area contributed by atoms with Crippen LogP contribution in [0.3, 0.4) is 0 Å². The lowest BCUT2D eigenvalue weighted by molar-refractivity contribution is 0.252. The van der Waals surface area contributed by atoms with E-state index >= 15 is 0 Å². The van der Waals surface area contributed by atoms with Gasteiger partial charge in [0.2, 0.25) is 0 Å². The highest BCUT2D eigenvalue weighted by Crippen LogP contribution is 2.30. The minimum Gasteiger partial charge on any atom is -0.350 e. The fourth-order valence-electron chi connectivity index (χ4n) is 2.24. The van der Waals surface area contributed by atoms with E-state index < -0.39 is 6.03 Å². The van der Waals surface area contributed by atoms with Crippen molar-refractivity contribution in [2.75, 3.05) is 0 Å². The molecule has 0 heterocycles. The molecule has 2 N–H and O–H groups in total.